The number of carbonyl (C=O) groups is 1. The van der Waals surface area contributed by atoms with Crippen LogP contribution in [0.2, 0.25) is 0 Å². The number of nitrogens with one attached hydrogen (secondary N) is 2. The van der Waals surface area contributed by atoms with Gasteiger partial charge in [-0.1, -0.05) is 30.2 Å². The van der Waals surface area contributed by atoms with Crippen LogP contribution in [0.25, 0.3) is 33.3 Å². The van der Waals surface area contributed by atoms with Crippen LogP contribution >= 0.6 is 0 Å². The standard InChI is InChI=1S/C25H17F4N3O2/c1-3-8-30-11-13-4-6-14(7-5-13)18-20(26)22(28)19(23(29)21(18)27)15-9-16(25(33)34)24-17(10-15)31-12(2)32-24/h1,4-7,9-10,30H,8,11H2,2H3,(H,31,32)(H,33,34). The highest BCUT2D eigenvalue weighted by Crippen LogP contribution is 2.38. The molecule has 172 valence electrons. The number of hydrogen-bond acceptors (Lipinski definition) is 3. The SMILES string of the molecule is C#CCNCc1ccc(-c2c(F)c(F)c(-c3cc(C(=O)O)c4nc(C)[nH]c4c3)c(F)c2F)cc1. The number of aromatic nitrogens is 2. The van der Waals surface area contributed by atoms with Gasteiger partial charge in [-0.15, -0.1) is 6.42 Å². The highest BCUT2D eigenvalue weighted by Gasteiger charge is 2.28. The topological polar surface area (TPSA) is 78.0 Å². The van der Waals surface area contributed by atoms with Crippen LogP contribution in [-0.4, -0.2) is 27.6 Å². The number of terminal acetylenes is 1. The van der Waals surface area contributed by atoms with Crippen molar-refractivity contribution in [3.63, 3.8) is 0 Å². The highest BCUT2D eigenvalue weighted by molar-refractivity contribution is 6.03. The lowest BCUT2D eigenvalue weighted by Crippen LogP contribution is -2.12. The lowest BCUT2D eigenvalue weighted by molar-refractivity contribution is 0.0699. The second-order valence-electron chi connectivity index (χ2n) is 7.56. The number of aromatic amines is 1. The third-order valence-electron chi connectivity index (χ3n) is 5.29. The Morgan fingerprint density at radius 1 is 1.03 bits per heavy atom. The molecular weight excluding hydrogens is 450 g/mol. The van der Waals surface area contributed by atoms with E-state index in [1.165, 1.54) is 18.2 Å². The molecule has 0 saturated carbocycles. The van der Waals surface area contributed by atoms with Gasteiger partial charge in [-0.2, -0.15) is 0 Å². The van der Waals surface area contributed by atoms with Crippen molar-refractivity contribution >= 4 is 17.0 Å². The monoisotopic (exact) mass is 467 g/mol. The van der Waals surface area contributed by atoms with Crippen molar-refractivity contribution in [1.29, 1.82) is 0 Å². The zero-order valence-electron chi connectivity index (χ0n) is 17.8. The van der Waals surface area contributed by atoms with Crippen molar-refractivity contribution < 1.29 is 27.5 Å². The first-order valence-electron chi connectivity index (χ1n) is 10.1. The Bertz CT molecular complexity index is 1440. The molecule has 0 unspecified atom stereocenters. The smallest absolute Gasteiger partial charge is 0.337 e. The van der Waals surface area contributed by atoms with Crippen molar-refractivity contribution in [2.45, 2.75) is 13.5 Å². The van der Waals surface area contributed by atoms with E-state index in [0.717, 1.165) is 11.6 Å². The molecule has 0 radical (unpaired) electrons. The van der Waals surface area contributed by atoms with Gasteiger partial charge in [0, 0.05) is 6.54 Å². The fraction of sp³-hybridized carbons (Fsp3) is 0.120. The summed E-state index contributed by atoms with van der Waals surface area (Å²) >= 11 is 0. The van der Waals surface area contributed by atoms with Gasteiger partial charge in [0.25, 0.3) is 0 Å². The van der Waals surface area contributed by atoms with Gasteiger partial charge in [0.05, 0.1) is 28.8 Å². The lowest BCUT2D eigenvalue weighted by Gasteiger charge is -2.14. The minimum absolute atomic E-state index is 0.0592. The van der Waals surface area contributed by atoms with Crippen molar-refractivity contribution in [1.82, 2.24) is 15.3 Å². The van der Waals surface area contributed by atoms with Gasteiger partial charge >= 0.3 is 5.97 Å². The molecule has 1 heterocycles. The molecule has 0 fully saturated rings. The van der Waals surface area contributed by atoms with Gasteiger partial charge in [0.15, 0.2) is 23.3 Å². The molecule has 0 bridgehead atoms. The third-order valence-corrected chi connectivity index (χ3v) is 5.29. The molecule has 3 aromatic carbocycles. The van der Waals surface area contributed by atoms with Crippen molar-refractivity contribution in [3.05, 3.63) is 76.6 Å². The fourth-order valence-electron chi connectivity index (χ4n) is 3.75. The van der Waals surface area contributed by atoms with Gasteiger partial charge in [-0.25, -0.2) is 27.3 Å². The zero-order chi connectivity index (χ0) is 24.6. The first kappa shape index (κ1) is 23.0. The van der Waals surface area contributed by atoms with Crippen LogP contribution in [-0.2, 0) is 6.54 Å². The van der Waals surface area contributed by atoms with Crippen LogP contribution < -0.4 is 5.32 Å². The number of benzene rings is 3. The molecule has 34 heavy (non-hydrogen) atoms. The second kappa shape index (κ2) is 9.00. The van der Waals surface area contributed by atoms with Gasteiger partial charge in [0.2, 0.25) is 0 Å². The van der Waals surface area contributed by atoms with Gasteiger partial charge < -0.3 is 15.4 Å². The number of halogens is 4. The Hall–Kier alpha value is -4.16. The maximum Gasteiger partial charge on any atom is 0.337 e. The molecule has 5 nitrogen and oxygen atoms in total. The number of nitrogens with zero attached hydrogens (tertiary/aromatic N) is 1. The number of fused-ring (bicyclic) bond motifs is 1. The number of aryl methyl sites for hydroxylation is 1. The number of aromatic carboxylic acids is 1. The van der Waals surface area contributed by atoms with Crippen LogP contribution in [0.4, 0.5) is 17.6 Å². The minimum atomic E-state index is -1.64. The average Bonchev–Trinajstić information content (AvgIpc) is 3.18. The second-order valence-corrected chi connectivity index (χ2v) is 7.56. The highest BCUT2D eigenvalue weighted by atomic mass is 19.2. The van der Waals surface area contributed by atoms with E-state index >= 15 is 17.6 Å². The first-order chi connectivity index (χ1) is 16.2. The van der Waals surface area contributed by atoms with E-state index in [1.54, 1.807) is 19.1 Å². The van der Waals surface area contributed by atoms with Gasteiger partial charge in [-0.3, -0.25) is 0 Å². The largest absolute Gasteiger partial charge is 0.478 e. The normalized spacial score (nSPS) is 11.1. The number of H-pyrrole nitrogens is 1. The quantitative estimate of drug-likeness (QED) is 0.158. The maximum absolute atomic E-state index is 15.1. The minimum Gasteiger partial charge on any atom is -0.478 e. The summed E-state index contributed by atoms with van der Waals surface area (Å²) in [5, 5.41) is 12.4. The Morgan fingerprint density at radius 2 is 1.62 bits per heavy atom. The number of imidazole rings is 1. The summed E-state index contributed by atoms with van der Waals surface area (Å²) in [5.74, 6) is -5.10. The van der Waals surface area contributed by atoms with Gasteiger partial charge in [0.1, 0.15) is 11.3 Å². The summed E-state index contributed by atoms with van der Waals surface area (Å²) < 4.78 is 60.3. The van der Waals surface area contributed by atoms with E-state index < -0.39 is 40.4 Å². The van der Waals surface area contributed by atoms with E-state index in [-0.39, 0.29) is 27.7 Å². The van der Waals surface area contributed by atoms with E-state index in [0.29, 0.717) is 18.9 Å². The Kier molecular flexibility index (Phi) is 6.09. The predicted octanol–water partition coefficient (Wildman–Crippen LogP) is 5.18. The molecule has 0 saturated heterocycles. The molecule has 0 amide bonds. The number of carboxylic acid groups (broad SMARTS) is 1. The van der Waals surface area contributed by atoms with E-state index in [1.807, 2.05) is 0 Å². The summed E-state index contributed by atoms with van der Waals surface area (Å²) in [7, 11) is 0. The average molecular weight is 467 g/mol. The van der Waals surface area contributed by atoms with Crippen LogP contribution in [0.5, 0.6) is 0 Å². The molecule has 0 atom stereocenters. The summed E-state index contributed by atoms with van der Waals surface area (Å²) in [5.41, 5.74) is -1.68. The van der Waals surface area contributed by atoms with E-state index in [9.17, 15) is 9.90 Å². The number of rotatable bonds is 6. The Labute approximate surface area is 191 Å². The van der Waals surface area contributed by atoms with Crippen LogP contribution in [0, 0.1) is 42.5 Å². The van der Waals surface area contributed by atoms with Crippen molar-refractivity contribution in [2.75, 3.05) is 6.54 Å². The summed E-state index contributed by atoms with van der Waals surface area (Å²) in [6.07, 6.45) is 5.16. The van der Waals surface area contributed by atoms with Crippen LogP contribution in [0.3, 0.4) is 0 Å². The van der Waals surface area contributed by atoms with E-state index in [4.69, 9.17) is 6.42 Å². The number of carboxylic acids is 1. The molecule has 3 N–H and O–H groups in total. The zero-order valence-corrected chi connectivity index (χ0v) is 17.8. The maximum atomic E-state index is 15.1. The molecule has 0 spiro atoms. The Balaban J connectivity index is 1.84. The molecule has 0 aliphatic rings. The molecule has 1 aromatic heterocycles. The molecule has 4 aromatic rings. The summed E-state index contributed by atoms with van der Waals surface area (Å²) in [6, 6.07) is 7.91. The molecular formula is C25H17F4N3O2. The number of hydrogen-bond donors (Lipinski definition) is 3. The Morgan fingerprint density at radius 3 is 2.18 bits per heavy atom. The molecule has 9 heteroatoms. The summed E-state index contributed by atoms with van der Waals surface area (Å²) in [4.78, 5) is 18.5. The summed E-state index contributed by atoms with van der Waals surface area (Å²) in [6.45, 7) is 2.30. The molecule has 0 aliphatic carbocycles. The van der Waals surface area contributed by atoms with Gasteiger partial charge in [-0.05, 0) is 35.7 Å². The van der Waals surface area contributed by atoms with E-state index in [2.05, 4.69) is 21.2 Å². The molecule has 0 aliphatic heterocycles. The first-order valence-corrected chi connectivity index (χ1v) is 10.1. The fourth-order valence-corrected chi connectivity index (χ4v) is 3.75. The predicted molar refractivity (Wildman–Crippen MR) is 119 cm³/mol. The van der Waals surface area contributed by atoms with Crippen molar-refractivity contribution in [2.24, 2.45) is 0 Å². The van der Waals surface area contributed by atoms with Crippen molar-refractivity contribution in [3.8, 4) is 34.6 Å². The third kappa shape index (κ3) is 4.00. The van der Waals surface area contributed by atoms with Crippen LogP contribution in [0.1, 0.15) is 21.7 Å². The molecule has 4 rings (SSSR count). The van der Waals surface area contributed by atoms with Crippen LogP contribution in [0.15, 0.2) is 36.4 Å². The lowest BCUT2D eigenvalue weighted by atomic mass is 9.95.